The van der Waals surface area contributed by atoms with E-state index in [-0.39, 0.29) is 0 Å². The van der Waals surface area contributed by atoms with E-state index in [1.54, 1.807) is 0 Å². The number of aromatic nitrogens is 1. The average molecular weight is 292 g/mol. The van der Waals surface area contributed by atoms with Crippen molar-refractivity contribution in [3.63, 3.8) is 0 Å². The second kappa shape index (κ2) is 5.82. The molecule has 0 amide bonds. The van der Waals surface area contributed by atoms with E-state index in [0.29, 0.717) is 5.88 Å². The van der Waals surface area contributed by atoms with Gasteiger partial charge in [0, 0.05) is 17.6 Å². The van der Waals surface area contributed by atoms with Crippen molar-refractivity contribution in [3.05, 3.63) is 53.7 Å². The van der Waals surface area contributed by atoms with Gasteiger partial charge in [-0.05, 0) is 29.7 Å². The molecule has 2 rings (SSSR count). The Balaban J connectivity index is 2.08. The van der Waals surface area contributed by atoms with Gasteiger partial charge in [-0.2, -0.15) is 0 Å². The summed E-state index contributed by atoms with van der Waals surface area (Å²) in [6.07, 6.45) is 2.85. The summed E-state index contributed by atoms with van der Waals surface area (Å²) in [5.41, 5.74) is 2.44. The first kappa shape index (κ1) is 12.1. The van der Waals surface area contributed by atoms with Gasteiger partial charge < -0.3 is 4.74 Å². The van der Waals surface area contributed by atoms with Crippen molar-refractivity contribution >= 4 is 15.9 Å². The minimum absolute atomic E-state index is 0.624. The van der Waals surface area contributed by atoms with E-state index < -0.39 is 0 Å². The monoisotopic (exact) mass is 291 g/mol. The molecule has 0 saturated carbocycles. The molecule has 0 radical (unpaired) electrons. The summed E-state index contributed by atoms with van der Waals surface area (Å²) in [6, 6.07) is 12.0. The predicted molar refractivity (Wildman–Crippen MR) is 72.8 cm³/mol. The van der Waals surface area contributed by atoms with Crippen LogP contribution in [0.4, 0.5) is 0 Å². The van der Waals surface area contributed by atoms with Crippen LogP contribution >= 0.6 is 15.9 Å². The number of halogens is 1. The van der Waals surface area contributed by atoms with Gasteiger partial charge in [0.2, 0.25) is 5.88 Å². The van der Waals surface area contributed by atoms with Gasteiger partial charge in [-0.25, -0.2) is 4.98 Å². The maximum atomic E-state index is 5.65. The maximum absolute atomic E-state index is 5.65. The molecule has 0 fully saturated rings. The SMILES string of the molecule is CCc1ccc(Oc2ccc(CBr)cn2)cc1. The van der Waals surface area contributed by atoms with Crippen LogP contribution in [0.3, 0.4) is 0 Å². The Morgan fingerprint density at radius 3 is 2.29 bits per heavy atom. The minimum atomic E-state index is 0.624. The third-order valence-electron chi connectivity index (χ3n) is 2.51. The zero-order valence-electron chi connectivity index (χ0n) is 9.69. The third kappa shape index (κ3) is 3.30. The van der Waals surface area contributed by atoms with Crippen LogP contribution in [-0.4, -0.2) is 4.98 Å². The number of ether oxygens (including phenoxy) is 1. The van der Waals surface area contributed by atoms with E-state index in [2.05, 4.69) is 40.0 Å². The van der Waals surface area contributed by atoms with Crippen molar-refractivity contribution in [1.82, 2.24) is 4.98 Å². The number of nitrogens with zero attached hydrogens (tertiary/aromatic N) is 1. The molecule has 17 heavy (non-hydrogen) atoms. The van der Waals surface area contributed by atoms with Gasteiger partial charge in [-0.15, -0.1) is 0 Å². The maximum Gasteiger partial charge on any atom is 0.219 e. The molecule has 0 N–H and O–H groups in total. The fourth-order valence-electron chi connectivity index (χ4n) is 1.46. The highest BCUT2D eigenvalue weighted by molar-refractivity contribution is 9.08. The van der Waals surface area contributed by atoms with E-state index in [9.17, 15) is 0 Å². The molecule has 0 aliphatic heterocycles. The number of aryl methyl sites for hydroxylation is 1. The lowest BCUT2D eigenvalue weighted by Crippen LogP contribution is -1.89. The molecule has 0 unspecified atom stereocenters. The number of pyridine rings is 1. The van der Waals surface area contributed by atoms with Crippen molar-refractivity contribution in [1.29, 1.82) is 0 Å². The van der Waals surface area contributed by atoms with Gasteiger partial charge in [0.05, 0.1) is 0 Å². The van der Waals surface area contributed by atoms with Crippen molar-refractivity contribution in [2.75, 3.05) is 0 Å². The Hall–Kier alpha value is -1.35. The van der Waals surface area contributed by atoms with Crippen LogP contribution in [0, 0.1) is 0 Å². The molecule has 0 bridgehead atoms. The molecule has 0 saturated heterocycles. The van der Waals surface area contributed by atoms with E-state index in [1.807, 2.05) is 30.5 Å². The minimum Gasteiger partial charge on any atom is -0.439 e. The highest BCUT2D eigenvalue weighted by Crippen LogP contribution is 2.20. The Labute approximate surface area is 110 Å². The smallest absolute Gasteiger partial charge is 0.219 e. The summed E-state index contributed by atoms with van der Waals surface area (Å²) < 4.78 is 5.65. The first-order chi connectivity index (χ1) is 8.31. The van der Waals surface area contributed by atoms with Crippen LogP contribution in [0.15, 0.2) is 42.6 Å². The molecule has 0 aliphatic carbocycles. The average Bonchev–Trinajstić information content (AvgIpc) is 2.40. The molecule has 1 heterocycles. The predicted octanol–water partition coefficient (Wildman–Crippen LogP) is 4.33. The summed E-state index contributed by atoms with van der Waals surface area (Å²) in [5.74, 6) is 1.44. The summed E-state index contributed by atoms with van der Waals surface area (Å²) in [6.45, 7) is 2.14. The first-order valence-electron chi connectivity index (χ1n) is 5.59. The molecule has 0 aliphatic rings. The Morgan fingerprint density at radius 1 is 1.06 bits per heavy atom. The number of alkyl halides is 1. The second-order valence-electron chi connectivity index (χ2n) is 3.74. The van der Waals surface area contributed by atoms with E-state index >= 15 is 0 Å². The molecule has 0 atom stereocenters. The highest BCUT2D eigenvalue weighted by Gasteiger charge is 1.99. The van der Waals surface area contributed by atoms with Gasteiger partial charge in [-0.1, -0.05) is 41.1 Å². The fraction of sp³-hybridized carbons (Fsp3) is 0.214. The summed E-state index contributed by atoms with van der Waals surface area (Å²) in [5, 5.41) is 0.811. The molecule has 3 heteroatoms. The van der Waals surface area contributed by atoms with Crippen LogP contribution in [0.5, 0.6) is 11.6 Å². The number of hydrogen-bond acceptors (Lipinski definition) is 2. The molecular weight excluding hydrogens is 278 g/mol. The van der Waals surface area contributed by atoms with E-state index in [0.717, 1.165) is 23.1 Å². The standard InChI is InChI=1S/C14H14BrNO/c1-2-11-3-6-13(7-4-11)17-14-8-5-12(9-15)10-16-14/h3-8,10H,2,9H2,1H3. The molecule has 1 aromatic heterocycles. The van der Waals surface area contributed by atoms with Crippen LogP contribution in [0.1, 0.15) is 18.1 Å². The lowest BCUT2D eigenvalue weighted by molar-refractivity contribution is 0.462. The number of benzene rings is 1. The molecule has 1 aromatic carbocycles. The fourth-order valence-corrected chi connectivity index (χ4v) is 1.80. The molecule has 2 aromatic rings. The van der Waals surface area contributed by atoms with Gasteiger partial charge in [0.15, 0.2) is 0 Å². The second-order valence-corrected chi connectivity index (χ2v) is 4.30. The summed E-state index contributed by atoms with van der Waals surface area (Å²) in [7, 11) is 0. The van der Waals surface area contributed by atoms with Gasteiger partial charge >= 0.3 is 0 Å². The van der Waals surface area contributed by atoms with Crippen LogP contribution < -0.4 is 4.74 Å². The van der Waals surface area contributed by atoms with Crippen LogP contribution in [0.25, 0.3) is 0 Å². The van der Waals surface area contributed by atoms with Gasteiger partial charge in [0.1, 0.15) is 5.75 Å². The third-order valence-corrected chi connectivity index (χ3v) is 3.15. The Bertz CT molecular complexity index is 419. The van der Waals surface area contributed by atoms with Gasteiger partial charge in [0.25, 0.3) is 0 Å². The Morgan fingerprint density at radius 2 is 1.76 bits per heavy atom. The topological polar surface area (TPSA) is 22.1 Å². The van der Waals surface area contributed by atoms with Crippen molar-refractivity contribution < 1.29 is 4.74 Å². The zero-order chi connectivity index (χ0) is 12.1. The van der Waals surface area contributed by atoms with Gasteiger partial charge in [-0.3, -0.25) is 0 Å². The normalized spacial score (nSPS) is 10.2. The number of hydrogen-bond donors (Lipinski definition) is 0. The molecule has 88 valence electrons. The largest absolute Gasteiger partial charge is 0.439 e. The van der Waals surface area contributed by atoms with Crippen LogP contribution in [0.2, 0.25) is 0 Å². The lowest BCUT2D eigenvalue weighted by Gasteiger charge is -2.05. The first-order valence-corrected chi connectivity index (χ1v) is 6.71. The molecule has 2 nitrogen and oxygen atoms in total. The van der Waals surface area contributed by atoms with E-state index in [4.69, 9.17) is 4.74 Å². The number of rotatable bonds is 4. The summed E-state index contributed by atoms with van der Waals surface area (Å²) in [4.78, 5) is 4.24. The zero-order valence-corrected chi connectivity index (χ0v) is 11.3. The van der Waals surface area contributed by atoms with Crippen molar-refractivity contribution in [2.24, 2.45) is 0 Å². The van der Waals surface area contributed by atoms with Crippen molar-refractivity contribution in [2.45, 2.75) is 18.7 Å². The highest BCUT2D eigenvalue weighted by atomic mass is 79.9. The van der Waals surface area contributed by atoms with Crippen molar-refractivity contribution in [3.8, 4) is 11.6 Å². The summed E-state index contributed by atoms with van der Waals surface area (Å²) >= 11 is 3.38. The van der Waals surface area contributed by atoms with Crippen LogP contribution in [-0.2, 0) is 11.8 Å². The lowest BCUT2D eigenvalue weighted by atomic mass is 10.2. The molecule has 0 spiro atoms. The quantitative estimate of drug-likeness (QED) is 0.782. The molecular formula is C14H14BrNO. The Kier molecular flexibility index (Phi) is 4.15. The van der Waals surface area contributed by atoms with E-state index in [1.165, 1.54) is 5.56 Å².